The first-order valence-corrected chi connectivity index (χ1v) is 6.39. The van der Waals surface area contributed by atoms with Gasteiger partial charge in [0.2, 0.25) is 11.2 Å². The molecule has 0 atom stereocenters. The highest BCUT2D eigenvalue weighted by Crippen LogP contribution is 2.06. The van der Waals surface area contributed by atoms with E-state index in [0.717, 1.165) is 11.4 Å². The molecule has 0 saturated carbocycles. The van der Waals surface area contributed by atoms with Crippen LogP contribution in [0.25, 0.3) is 5.69 Å². The van der Waals surface area contributed by atoms with Crippen LogP contribution in [0.2, 0.25) is 0 Å². The Morgan fingerprint density at radius 3 is 2.76 bits per heavy atom. The molecule has 6 nitrogen and oxygen atoms in total. The van der Waals surface area contributed by atoms with E-state index in [1.807, 2.05) is 13.0 Å². The van der Waals surface area contributed by atoms with E-state index in [-0.39, 0.29) is 5.69 Å². The van der Waals surface area contributed by atoms with E-state index in [1.54, 1.807) is 37.5 Å². The number of carbonyl (C=O) groups is 1. The summed E-state index contributed by atoms with van der Waals surface area (Å²) in [5.41, 5.74) is 1.07. The predicted molar refractivity (Wildman–Crippen MR) is 79.5 cm³/mol. The van der Waals surface area contributed by atoms with Gasteiger partial charge in [0.05, 0.1) is 5.69 Å². The highest BCUT2D eigenvalue weighted by molar-refractivity contribution is 6.02. The fourth-order valence-corrected chi connectivity index (χ4v) is 1.69. The van der Waals surface area contributed by atoms with Gasteiger partial charge >= 0.3 is 0 Å². The van der Waals surface area contributed by atoms with E-state index in [2.05, 4.69) is 10.1 Å². The molecule has 2 aromatic rings. The van der Waals surface area contributed by atoms with Gasteiger partial charge in [0.1, 0.15) is 0 Å². The smallest absolute Gasteiger partial charge is 0.211 e. The van der Waals surface area contributed by atoms with Crippen LogP contribution in [-0.4, -0.2) is 39.5 Å². The third-order valence-corrected chi connectivity index (χ3v) is 2.71. The zero-order chi connectivity index (χ0) is 15.4. The normalized spacial score (nSPS) is 10.8. The van der Waals surface area contributed by atoms with E-state index < -0.39 is 11.2 Å². The van der Waals surface area contributed by atoms with Crippen molar-refractivity contribution in [1.29, 1.82) is 0 Å². The van der Waals surface area contributed by atoms with Crippen molar-refractivity contribution in [2.24, 2.45) is 0 Å². The Balaban J connectivity index is 2.42. The third kappa shape index (κ3) is 3.62. The molecule has 0 aromatic carbocycles. The number of aromatic nitrogens is 3. The molecule has 0 unspecified atom stereocenters. The quantitative estimate of drug-likeness (QED) is 0.623. The van der Waals surface area contributed by atoms with Gasteiger partial charge in [-0.1, -0.05) is 0 Å². The Morgan fingerprint density at radius 2 is 2.10 bits per heavy atom. The van der Waals surface area contributed by atoms with Gasteiger partial charge in [0.15, 0.2) is 5.69 Å². The second kappa shape index (κ2) is 6.13. The number of pyridine rings is 1. The number of hydrogen-bond acceptors (Lipinski definition) is 5. The van der Waals surface area contributed by atoms with E-state index in [4.69, 9.17) is 0 Å². The SMILES string of the molecule is Cc1cc(-n2ccc(=O)c(C(=O)/C=C/N(C)C)n2)ccn1. The Bertz CT molecular complexity index is 747. The Hall–Kier alpha value is -2.76. The van der Waals surface area contributed by atoms with E-state index in [0.29, 0.717) is 0 Å². The molecule has 0 saturated heterocycles. The number of hydrogen-bond donors (Lipinski definition) is 0. The standard InChI is InChI=1S/C15H16N4O2/c1-11-10-12(4-7-16-11)19-9-6-14(21)15(17-19)13(20)5-8-18(2)3/h4-10H,1-3H3/b8-5+. The molecule has 0 bridgehead atoms. The molecular formula is C15H16N4O2. The Morgan fingerprint density at radius 1 is 1.33 bits per heavy atom. The lowest BCUT2D eigenvalue weighted by molar-refractivity contribution is 0.103. The zero-order valence-electron chi connectivity index (χ0n) is 12.1. The van der Waals surface area contributed by atoms with Gasteiger partial charge in [-0.25, -0.2) is 4.68 Å². The van der Waals surface area contributed by atoms with Gasteiger partial charge in [-0.3, -0.25) is 14.6 Å². The van der Waals surface area contributed by atoms with Gasteiger partial charge in [-0.05, 0) is 19.1 Å². The van der Waals surface area contributed by atoms with Crippen LogP contribution in [0.4, 0.5) is 0 Å². The maximum Gasteiger partial charge on any atom is 0.211 e. The molecule has 2 heterocycles. The number of ketones is 1. The van der Waals surface area contributed by atoms with E-state index >= 15 is 0 Å². The maximum absolute atomic E-state index is 12.0. The molecule has 6 heteroatoms. The van der Waals surface area contributed by atoms with Crippen molar-refractivity contribution in [1.82, 2.24) is 19.7 Å². The highest BCUT2D eigenvalue weighted by Gasteiger charge is 2.10. The van der Waals surface area contributed by atoms with Gasteiger partial charge < -0.3 is 4.90 Å². The molecule has 2 rings (SSSR count). The monoisotopic (exact) mass is 284 g/mol. The van der Waals surface area contributed by atoms with Crippen molar-refractivity contribution in [3.8, 4) is 5.69 Å². The lowest BCUT2D eigenvalue weighted by Crippen LogP contribution is -2.20. The Kier molecular flexibility index (Phi) is 4.27. The lowest BCUT2D eigenvalue weighted by atomic mass is 10.2. The van der Waals surface area contributed by atoms with Crippen LogP contribution in [0.5, 0.6) is 0 Å². The minimum atomic E-state index is -0.422. The van der Waals surface area contributed by atoms with Crippen LogP contribution in [0.1, 0.15) is 16.2 Å². The predicted octanol–water partition coefficient (Wildman–Crippen LogP) is 1.19. The summed E-state index contributed by atoms with van der Waals surface area (Å²) in [6.07, 6.45) is 6.09. The average molecular weight is 284 g/mol. The highest BCUT2D eigenvalue weighted by atomic mass is 16.1. The van der Waals surface area contributed by atoms with Crippen LogP contribution in [0.3, 0.4) is 0 Å². The van der Waals surface area contributed by atoms with Crippen LogP contribution in [0.15, 0.2) is 47.7 Å². The van der Waals surface area contributed by atoms with Gasteiger partial charge in [0.25, 0.3) is 0 Å². The number of carbonyl (C=O) groups excluding carboxylic acids is 1. The summed E-state index contributed by atoms with van der Waals surface area (Å²) in [4.78, 5) is 29.6. The number of allylic oxidation sites excluding steroid dienone is 1. The molecule has 0 aliphatic heterocycles. The average Bonchev–Trinajstić information content (AvgIpc) is 2.45. The van der Waals surface area contributed by atoms with Crippen LogP contribution >= 0.6 is 0 Å². The van der Waals surface area contributed by atoms with Crippen molar-refractivity contribution in [2.45, 2.75) is 6.92 Å². The minimum absolute atomic E-state index is 0.106. The molecule has 0 amide bonds. The van der Waals surface area contributed by atoms with Crippen molar-refractivity contribution >= 4 is 5.78 Å². The summed E-state index contributed by atoms with van der Waals surface area (Å²) < 4.78 is 1.49. The maximum atomic E-state index is 12.0. The first-order valence-electron chi connectivity index (χ1n) is 6.39. The topological polar surface area (TPSA) is 68.1 Å². The fraction of sp³-hybridized carbons (Fsp3) is 0.200. The summed E-state index contributed by atoms with van der Waals surface area (Å²) in [5.74, 6) is -0.422. The van der Waals surface area contributed by atoms with Crippen molar-refractivity contribution in [3.05, 3.63) is 64.5 Å². The van der Waals surface area contributed by atoms with Gasteiger partial charge in [-0.15, -0.1) is 0 Å². The van der Waals surface area contributed by atoms with Crippen molar-refractivity contribution < 1.29 is 4.79 Å². The molecule has 0 aliphatic carbocycles. The van der Waals surface area contributed by atoms with E-state index in [1.165, 1.54) is 23.0 Å². The zero-order valence-corrected chi connectivity index (χ0v) is 12.1. The van der Waals surface area contributed by atoms with Gasteiger partial charge in [-0.2, -0.15) is 5.10 Å². The molecule has 0 spiro atoms. The number of nitrogens with zero attached hydrogens (tertiary/aromatic N) is 4. The number of aryl methyl sites for hydroxylation is 1. The second-order valence-electron chi connectivity index (χ2n) is 4.77. The first-order chi connectivity index (χ1) is 9.97. The molecule has 0 N–H and O–H groups in total. The van der Waals surface area contributed by atoms with Crippen LogP contribution in [0, 0.1) is 6.92 Å². The molecular weight excluding hydrogens is 268 g/mol. The molecule has 21 heavy (non-hydrogen) atoms. The first kappa shape index (κ1) is 14.6. The molecule has 0 fully saturated rings. The lowest BCUT2D eigenvalue weighted by Gasteiger charge is -2.07. The third-order valence-electron chi connectivity index (χ3n) is 2.71. The second-order valence-corrected chi connectivity index (χ2v) is 4.77. The minimum Gasteiger partial charge on any atom is -0.383 e. The molecule has 108 valence electrons. The summed E-state index contributed by atoms with van der Waals surface area (Å²) in [6, 6.07) is 4.91. The molecule has 2 aromatic heterocycles. The van der Waals surface area contributed by atoms with Crippen molar-refractivity contribution in [3.63, 3.8) is 0 Å². The summed E-state index contributed by atoms with van der Waals surface area (Å²) >= 11 is 0. The van der Waals surface area contributed by atoms with Crippen LogP contribution in [-0.2, 0) is 0 Å². The Labute approximate surface area is 122 Å². The summed E-state index contributed by atoms with van der Waals surface area (Å²) in [7, 11) is 3.58. The van der Waals surface area contributed by atoms with Gasteiger partial charge in [0, 0.05) is 50.5 Å². The largest absolute Gasteiger partial charge is 0.383 e. The number of rotatable bonds is 4. The van der Waals surface area contributed by atoms with E-state index in [9.17, 15) is 9.59 Å². The molecule has 0 aliphatic rings. The van der Waals surface area contributed by atoms with Crippen LogP contribution < -0.4 is 5.43 Å². The van der Waals surface area contributed by atoms with Crippen molar-refractivity contribution in [2.75, 3.05) is 14.1 Å². The summed E-state index contributed by atoms with van der Waals surface area (Å²) in [5, 5.41) is 4.12. The molecule has 0 radical (unpaired) electrons. The fourth-order valence-electron chi connectivity index (χ4n) is 1.69. The summed E-state index contributed by atoms with van der Waals surface area (Å²) in [6.45, 7) is 1.86.